The second-order valence-corrected chi connectivity index (χ2v) is 19.5. The SMILES string of the molecule is C1=Cc2nc1c(-c1ccc(C[n+]3ccccc3)cc1)c1nc(c(-c3ccc(C[n+]4ccccc4)cc3)c3ccc([nH]3)c(-c3ccc(C[n+]4ccccc4)cc3)c3ccc([nH]3)c2-c2ccc(C[n+]3ccccc3)cc2)C=C1.[Br-].[Br-].[Br-].[Br-]. The van der Waals surface area contributed by atoms with Gasteiger partial charge >= 0.3 is 0 Å². The Labute approximate surface area is 507 Å². The monoisotopic (exact) mass is 1300 g/mol. The first-order chi connectivity index (χ1) is 37.6. The quantitative estimate of drug-likeness (QED) is 0.177. The van der Waals surface area contributed by atoms with Crippen LogP contribution in [0.15, 0.2) is 244 Å². The molecule has 4 aromatic carbocycles. The van der Waals surface area contributed by atoms with E-state index in [2.05, 4.69) is 278 Å². The van der Waals surface area contributed by atoms with Crippen molar-refractivity contribution in [1.82, 2.24) is 19.9 Å². The highest BCUT2D eigenvalue weighted by atomic mass is 79.9. The molecule has 13 rings (SSSR count). The minimum atomic E-state index is 0. The maximum Gasteiger partial charge on any atom is 0.173 e. The Morgan fingerprint density at radius 2 is 0.475 bits per heavy atom. The van der Waals surface area contributed by atoms with Gasteiger partial charge < -0.3 is 77.9 Å². The molecule has 0 saturated heterocycles. The average Bonchev–Trinajstić information content (AvgIpc) is 4.34. The minimum Gasteiger partial charge on any atom is -1.00 e. The summed E-state index contributed by atoms with van der Waals surface area (Å²) >= 11 is 0. The number of aromatic amines is 2. The van der Waals surface area contributed by atoms with E-state index >= 15 is 0 Å². The molecule has 80 heavy (non-hydrogen) atoms. The summed E-state index contributed by atoms with van der Waals surface area (Å²) < 4.78 is 8.79. The Hall–Kier alpha value is -8.00. The molecule has 8 bridgehead atoms. The third-order valence-electron chi connectivity index (χ3n) is 14.3. The molecule has 8 nitrogen and oxygen atoms in total. The molecule has 0 aliphatic carbocycles. The highest BCUT2D eigenvalue weighted by Gasteiger charge is 2.21. The summed E-state index contributed by atoms with van der Waals surface area (Å²) in [6.07, 6.45) is 25.5. The lowest BCUT2D eigenvalue weighted by atomic mass is 10.0. The Morgan fingerprint density at radius 1 is 0.250 bits per heavy atom. The zero-order chi connectivity index (χ0) is 50.6. The molecule has 2 aliphatic rings. The number of nitrogens with zero attached hydrogens (tertiary/aromatic N) is 6. The van der Waals surface area contributed by atoms with Crippen LogP contribution in [0.5, 0.6) is 0 Å². The van der Waals surface area contributed by atoms with Crippen LogP contribution in [0.3, 0.4) is 0 Å². The van der Waals surface area contributed by atoms with Crippen molar-refractivity contribution in [2.45, 2.75) is 26.2 Å². The van der Waals surface area contributed by atoms with Crippen molar-refractivity contribution in [1.29, 1.82) is 0 Å². The van der Waals surface area contributed by atoms with E-state index < -0.39 is 0 Å². The molecule has 7 aromatic heterocycles. The van der Waals surface area contributed by atoms with Gasteiger partial charge in [-0.1, -0.05) is 121 Å². The predicted molar refractivity (Wildman–Crippen MR) is 304 cm³/mol. The molecule has 0 fully saturated rings. The molecular formula is C68H54Br4N8. The first kappa shape index (κ1) is 56.7. The molecule has 11 aromatic rings. The van der Waals surface area contributed by atoms with Crippen LogP contribution in [-0.4, -0.2) is 19.9 Å². The number of halogens is 4. The van der Waals surface area contributed by atoms with Crippen LogP contribution in [0.25, 0.3) is 90.9 Å². The molecule has 394 valence electrons. The van der Waals surface area contributed by atoms with Crippen LogP contribution in [0, 0.1) is 0 Å². The van der Waals surface area contributed by atoms with Crippen LogP contribution in [-0.2, 0) is 26.2 Å². The maximum absolute atomic E-state index is 5.59. The fourth-order valence-corrected chi connectivity index (χ4v) is 10.5. The van der Waals surface area contributed by atoms with Crippen LogP contribution in [0.2, 0.25) is 0 Å². The molecule has 2 N–H and O–H groups in total. The molecular weight excluding hydrogens is 1250 g/mol. The summed E-state index contributed by atoms with van der Waals surface area (Å²) in [6.45, 7) is 3.09. The number of benzene rings is 4. The van der Waals surface area contributed by atoms with Crippen molar-refractivity contribution >= 4 is 46.4 Å². The van der Waals surface area contributed by atoms with Crippen molar-refractivity contribution in [3.8, 4) is 44.5 Å². The zero-order valence-electron chi connectivity index (χ0n) is 43.4. The molecule has 0 radical (unpaired) electrons. The van der Waals surface area contributed by atoms with E-state index in [1.165, 1.54) is 22.3 Å². The third-order valence-corrected chi connectivity index (χ3v) is 14.3. The second-order valence-electron chi connectivity index (χ2n) is 19.5. The lowest BCUT2D eigenvalue weighted by Crippen LogP contribution is -3.00. The lowest BCUT2D eigenvalue weighted by molar-refractivity contribution is -0.688. The zero-order valence-corrected chi connectivity index (χ0v) is 49.8. The first-order valence-corrected chi connectivity index (χ1v) is 25.9. The predicted octanol–water partition coefficient (Wildman–Crippen LogP) is 0.683. The first-order valence-electron chi connectivity index (χ1n) is 25.9. The molecule has 0 amide bonds. The van der Waals surface area contributed by atoms with Crippen LogP contribution < -0.4 is 86.2 Å². The van der Waals surface area contributed by atoms with E-state index in [1.807, 2.05) is 18.2 Å². The molecule has 0 unspecified atom stereocenters. The molecule has 0 atom stereocenters. The van der Waals surface area contributed by atoms with Gasteiger partial charge in [-0.2, -0.15) is 0 Å². The number of pyridine rings is 4. The Morgan fingerprint density at radius 3 is 0.750 bits per heavy atom. The number of aromatic nitrogens is 8. The smallest absolute Gasteiger partial charge is 0.173 e. The van der Waals surface area contributed by atoms with Crippen molar-refractivity contribution < 1.29 is 86.2 Å². The van der Waals surface area contributed by atoms with E-state index in [4.69, 9.17) is 9.97 Å². The molecule has 2 aliphatic heterocycles. The van der Waals surface area contributed by atoms with Crippen LogP contribution in [0.1, 0.15) is 45.0 Å². The van der Waals surface area contributed by atoms with Crippen molar-refractivity contribution in [3.63, 3.8) is 0 Å². The molecule has 9 heterocycles. The van der Waals surface area contributed by atoms with E-state index in [1.54, 1.807) is 0 Å². The third kappa shape index (κ3) is 12.4. The Kier molecular flexibility index (Phi) is 18.3. The second kappa shape index (κ2) is 25.9. The summed E-state index contributed by atoms with van der Waals surface area (Å²) in [5.74, 6) is 0. The molecule has 0 spiro atoms. The lowest BCUT2D eigenvalue weighted by Gasteiger charge is -2.08. The number of hydrogen-bond donors (Lipinski definition) is 2. The maximum atomic E-state index is 5.59. The van der Waals surface area contributed by atoms with Gasteiger partial charge in [-0.15, -0.1) is 0 Å². The summed E-state index contributed by atoms with van der Waals surface area (Å²) in [6, 6.07) is 69.3. The summed E-state index contributed by atoms with van der Waals surface area (Å²) in [5, 5.41) is 0. The van der Waals surface area contributed by atoms with Gasteiger partial charge in [0.2, 0.25) is 0 Å². The van der Waals surface area contributed by atoms with E-state index in [-0.39, 0.29) is 67.9 Å². The number of fused-ring (bicyclic) bond motifs is 8. The Balaban J connectivity index is 0.00000194. The normalized spacial score (nSPS) is 11.2. The largest absolute Gasteiger partial charge is 1.00 e. The van der Waals surface area contributed by atoms with Crippen molar-refractivity contribution in [3.05, 3.63) is 289 Å². The Bertz CT molecular complexity index is 3930. The van der Waals surface area contributed by atoms with Gasteiger partial charge in [-0.05, 0) is 70.8 Å². The average molecular weight is 1300 g/mol. The van der Waals surface area contributed by atoms with Crippen molar-refractivity contribution in [2.24, 2.45) is 0 Å². The van der Waals surface area contributed by atoms with Gasteiger partial charge in [0.25, 0.3) is 0 Å². The van der Waals surface area contributed by atoms with Gasteiger partial charge in [0.05, 0.1) is 22.8 Å². The highest BCUT2D eigenvalue weighted by molar-refractivity contribution is 6.00. The van der Waals surface area contributed by atoms with Gasteiger partial charge in [0.15, 0.2) is 75.8 Å². The molecule has 12 heteroatoms. The van der Waals surface area contributed by atoms with E-state index in [0.29, 0.717) is 0 Å². The topological polar surface area (TPSA) is 72.9 Å². The number of nitrogens with one attached hydrogen (secondary N) is 2. The highest BCUT2D eigenvalue weighted by Crippen LogP contribution is 2.39. The van der Waals surface area contributed by atoms with Gasteiger partial charge in [0.1, 0.15) is 0 Å². The summed E-state index contributed by atoms with van der Waals surface area (Å²) in [5.41, 5.74) is 20.5. The standard InChI is InChI=1S/C68H54N8.4BrH/c1-5-37-73(38-6-1)45-49-13-21-53(22-14-49)65-57-29-31-59(69-57)66(54-23-15-50(16-24-54)46-74-39-7-2-8-40-74)61-33-35-63(71-61)68(56-27-19-52(20-28-56)48-76-43-11-4-12-44-76)64-36-34-62(72-64)67(60-32-30-58(65)70-60)55-25-17-51(18-26-55)47-75-41-9-3-10-42-75;;;;/h1-44,69-70H,45-48H2;4*1H/q+4;;;;/p-4. The number of H-pyrrole nitrogens is 2. The van der Waals surface area contributed by atoms with Crippen molar-refractivity contribution in [2.75, 3.05) is 0 Å². The summed E-state index contributed by atoms with van der Waals surface area (Å²) in [4.78, 5) is 19.1. The number of hydrogen-bond acceptors (Lipinski definition) is 2. The fourth-order valence-electron chi connectivity index (χ4n) is 10.5. The van der Waals surface area contributed by atoms with Gasteiger partial charge in [0, 0.05) is 115 Å². The number of rotatable bonds is 12. The fraction of sp³-hybridized carbons (Fsp3) is 0.0588. The van der Waals surface area contributed by atoms with Crippen LogP contribution in [0.4, 0.5) is 0 Å². The summed E-state index contributed by atoms with van der Waals surface area (Å²) in [7, 11) is 0. The minimum absolute atomic E-state index is 0. The van der Waals surface area contributed by atoms with Crippen LogP contribution >= 0.6 is 0 Å². The van der Waals surface area contributed by atoms with Gasteiger partial charge in [-0.25, -0.2) is 28.2 Å². The van der Waals surface area contributed by atoms with Gasteiger partial charge in [-0.3, -0.25) is 0 Å². The van der Waals surface area contributed by atoms with E-state index in [0.717, 1.165) is 116 Å². The molecule has 0 saturated carbocycles. The van der Waals surface area contributed by atoms with E-state index in [9.17, 15) is 0 Å².